The summed E-state index contributed by atoms with van der Waals surface area (Å²) in [5.74, 6) is -0.268. The minimum Gasteiger partial charge on any atom is -0.756 e. The lowest BCUT2D eigenvalue weighted by Crippen LogP contribution is -2.45. The maximum absolute atomic E-state index is 13.0. The van der Waals surface area contributed by atoms with Crippen molar-refractivity contribution in [2.24, 2.45) is 0 Å². The third-order valence-corrected chi connectivity index (χ3v) is 14.6. The van der Waals surface area contributed by atoms with Gasteiger partial charge in [-0.2, -0.15) is 0 Å². The molecule has 0 aliphatic carbocycles. The Balaban J connectivity index is 4.33. The number of phosphoric ester groups is 1. The number of phosphoric acid groups is 1. The molecule has 8 nitrogen and oxygen atoms in total. The first kappa shape index (κ1) is 75.6. The Morgan fingerprint density at radius 2 is 0.785 bits per heavy atom. The van der Waals surface area contributed by atoms with Gasteiger partial charge in [0, 0.05) is 6.42 Å². The van der Waals surface area contributed by atoms with Crippen molar-refractivity contribution >= 4 is 13.7 Å². The number of hydrogen-bond donors (Lipinski definition) is 2. The Kier molecular flexibility index (Phi) is 56.7. The Hall–Kier alpha value is -3.36. The summed E-state index contributed by atoms with van der Waals surface area (Å²) in [6, 6.07) is -0.946. The standard InChI is InChI=1S/C70H121N2O6P/c1-6-8-10-12-14-16-18-20-22-24-26-28-30-32-34-36-38-40-42-44-46-48-50-52-54-56-58-60-62-64-70(74)71-68(67-78-79(75,76)77-66-65-72(3,4)5)69(73)63-61-59-57-55-53-51-49-47-45-43-41-39-37-35-33-31-29-27-25-23-21-19-17-15-13-11-9-7-2/h8,10,14,16,20,22,26,28,32,34,38,40,44,46,50,52-53,55-56,58,61,63,68-69,73H,6-7,9,11-13,15,17-19,21,23-25,27,29-31,33,35-37,39,41-43,45,47-49,51,54,57,59-60,62,64-67H2,1-5H3,(H-,71,74,75,76)/b10-8-,16-14-,22-20-,28-26-,34-32-,40-38-,46-44-,52-50-,55-53+,58-56-,63-61+. The number of quaternary nitrogens is 1. The minimum absolute atomic E-state index is 0.0248. The van der Waals surface area contributed by atoms with Gasteiger partial charge in [0.1, 0.15) is 13.2 Å². The van der Waals surface area contributed by atoms with E-state index in [1.807, 2.05) is 27.2 Å². The molecule has 3 unspecified atom stereocenters. The summed E-state index contributed by atoms with van der Waals surface area (Å²) in [5.41, 5.74) is 0. The highest BCUT2D eigenvalue weighted by atomic mass is 31.2. The zero-order chi connectivity index (χ0) is 57.7. The fourth-order valence-electron chi connectivity index (χ4n) is 8.64. The van der Waals surface area contributed by atoms with Crippen molar-refractivity contribution in [2.75, 3.05) is 40.9 Å². The molecule has 3 atom stereocenters. The first-order valence-electron chi connectivity index (χ1n) is 32.0. The molecule has 0 spiro atoms. The number of carbonyl (C=O) groups excluding carboxylic acids is 1. The van der Waals surface area contributed by atoms with Crippen molar-refractivity contribution in [3.63, 3.8) is 0 Å². The third-order valence-electron chi connectivity index (χ3n) is 13.6. The second-order valence-corrected chi connectivity index (χ2v) is 23.8. The fourth-order valence-corrected chi connectivity index (χ4v) is 9.36. The van der Waals surface area contributed by atoms with E-state index in [2.05, 4.69) is 141 Å². The van der Waals surface area contributed by atoms with Gasteiger partial charge in [-0.3, -0.25) is 9.36 Å². The summed E-state index contributed by atoms with van der Waals surface area (Å²) < 4.78 is 23.3. The fraction of sp³-hybridized carbons (Fsp3) is 0.671. The summed E-state index contributed by atoms with van der Waals surface area (Å²) >= 11 is 0. The molecule has 0 fully saturated rings. The van der Waals surface area contributed by atoms with Crippen LogP contribution in [-0.4, -0.2) is 68.5 Å². The van der Waals surface area contributed by atoms with Gasteiger partial charge < -0.3 is 28.8 Å². The quantitative estimate of drug-likeness (QED) is 0.0272. The number of carbonyl (C=O) groups is 1. The molecule has 0 aromatic heterocycles. The van der Waals surface area contributed by atoms with E-state index in [9.17, 15) is 19.4 Å². The van der Waals surface area contributed by atoms with E-state index in [1.54, 1.807) is 6.08 Å². The SMILES string of the molecule is CC/C=C\C/C=C\C/C=C\C/C=C\C/C=C\C/C=C\C/C=C\C/C=C\C/C=C\CCCC(=O)NC(COP(=O)([O-])OCC[N+](C)(C)C)C(O)/C=C/CC/C=C/CCCCCCCCCCCCCCCCCCCCCCCC. The average molecular weight is 1120 g/mol. The number of rotatable bonds is 57. The van der Waals surface area contributed by atoms with Gasteiger partial charge in [-0.1, -0.05) is 282 Å². The maximum atomic E-state index is 13.0. The summed E-state index contributed by atoms with van der Waals surface area (Å²) in [6.45, 7) is 4.48. The van der Waals surface area contributed by atoms with Crippen molar-refractivity contribution in [1.82, 2.24) is 5.32 Å². The molecule has 0 heterocycles. The van der Waals surface area contributed by atoms with E-state index in [1.165, 1.54) is 141 Å². The van der Waals surface area contributed by atoms with Crippen molar-refractivity contribution in [3.05, 3.63) is 134 Å². The Labute approximate surface area is 487 Å². The predicted octanol–water partition coefficient (Wildman–Crippen LogP) is 19.6. The first-order chi connectivity index (χ1) is 38.5. The van der Waals surface area contributed by atoms with E-state index < -0.39 is 26.6 Å². The molecule has 79 heavy (non-hydrogen) atoms. The third kappa shape index (κ3) is 62.1. The van der Waals surface area contributed by atoms with Crippen molar-refractivity contribution in [2.45, 2.75) is 264 Å². The molecule has 0 aliphatic rings. The minimum atomic E-state index is -4.64. The number of hydrogen-bond acceptors (Lipinski definition) is 6. The number of nitrogens with one attached hydrogen (secondary N) is 1. The summed E-state index contributed by atoms with van der Waals surface area (Å²) in [5, 5.41) is 13.9. The molecule has 2 N–H and O–H groups in total. The van der Waals surface area contributed by atoms with Gasteiger partial charge in [-0.05, 0) is 96.3 Å². The highest BCUT2D eigenvalue weighted by Gasteiger charge is 2.23. The van der Waals surface area contributed by atoms with Gasteiger partial charge in [-0.15, -0.1) is 0 Å². The number of likely N-dealkylation sites (N-methyl/N-ethyl adjacent to an activating group) is 1. The number of nitrogens with zero attached hydrogens (tertiary/aromatic N) is 1. The van der Waals surface area contributed by atoms with E-state index in [0.717, 1.165) is 83.5 Å². The largest absolute Gasteiger partial charge is 0.756 e. The molecule has 0 rings (SSSR count). The van der Waals surface area contributed by atoms with Gasteiger partial charge in [0.2, 0.25) is 5.91 Å². The van der Waals surface area contributed by atoms with Crippen LogP contribution in [0.5, 0.6) is 0 Å². The van der Waals surface area contributed by atoms with Crippen LogP contribution in [0.15, 0.2) is 134 Å². The Morgan fingerprint density at radius 3 is 1.18 bits per heavy atom. The van der Waals surface area contributed by atoms with Crippen LogP contribution in [0.2, 0.25) is 0 Å². The van der Waals surface area contributed by atoms with E-state index in [0.29, 0.717) is 17.4 Å². The highest BCUT2D eigenvalue weighted by Crippen LogP contribution is 2.38. The van der Waals surface area contributed by atoms with Crippen LogP contribution in [-0.2, 0) is 18.4 Å². The van der Waals surface area contributed by atoms with Gasteiger partial charge in [-0.25, -0.2) is 0 Å². The first-order valence-corrected chi connectivity index (χ1v) is 33.5. The molecule has 0 saturated heterocycles. The zero-order valence-electron chi connectivity index (χ0n) is 51.5. The molecule has 9 heteroatoms. The smallest absolute Gasteiger partial charge is 0.268 e. The normalized spacial score (nSPS) is 14.7. The molecule has 0 radical (unpaired) electrons. The lowest BCUT2D eigenvalue weighted by Gasteiger charge is -2.29. The van der Waals surface area contributed by atoms with E-state index in [-0.39, 0.29) is 18.9 Å². The molecule has 1 amide bonds. The predicted molar refractivity (Wildman–Crippen MR) is 343 cm³/mol. The van der Waals surface area contributed by atoms with Crippen LogP contribution in [0, 0.1) is 0 Å². The lowest BCUT2D eigenvalue weighted by molar-refractivity contribution is -0.870. The van der Waals surface area contributed by atoms with Crippen molar-refractivity contribution in [1.29, 1.82) is 0 Å². The second-order valence-electron chi connectivity index (χ2n) is 22.4. The van der Waals surface area contributed by atoms with E-state index >= 15 is 0 Å². The zero-order valence-corrected chi connectivity index (χ0v) is 52.4. The van der Waals surface area contributed by atoms with Gasteiger partial charge in [0.05, 0.1) is 39.9 Å². The molecule has 452 valence electrons. The molecular weight excluding hydrogens is 996 g/mol. The van der Waals surface area contributed by atoms with Crippen LogP contribution in [0.4, 0.5) is 0 Å². The topological polar surface area (TPSA) is 108 Å². The molecule has 0 aromatic carbocycles. The van der Waals surface area contributed by atoms with Gasteiger partial charge in [0.15, 0.2) is 0 Å². The Bertz CT molecular complexity index is 1750. The molecular formula is C70H121N2O6P. The van der Waals surface area contributed by atoms with Crippen LogP contribution in [0.25, 0.3) is 0 Å². The van der Waals surface area contributed by atoms with Gasteiger partial charge >= 0.3 is 0 Å². The number of allylic oxidation sites excluding steroid dienone is 21. The second kappa shape index (κ2) is 59.3. The monoisotopic (exact) mass is 1120 g/mol. The Morgan fingerprint density at radius 1 is 0.456 bits per heavy atom. The molecule has 0 bridgehead atoms. The molecule has 0 saturated carbocycles. The number of aliphatic hydroxyl groups excluding tert-OH is 1. The average Bonchev–Trinajstić information content (AvgIpc) is 3.42. The van der Waals surface area contributed by atoms with Crippen LogP contribution >= 0.6 is 7.82 Å². The van der Waals surface area contributed by atoms with Gasteiger partial charge in [0.25, 0.3) is 7.82 Å². The van der Waals surface area contributed by atoms with Crippen LogP contribution < -0.4 is 10.2 Å². The highest BCUT2D eigenvalue weighted by molar-refractivity contribution is 7.45. The summed E-state index contributed by atoms with van der Waals surface area (Å²) in [7, 11) is 1.19. The van der Waals surface area contributed by atoms with Crippen LogP contribution in [0.3, 0.4) is 0 Å². The number of amides is 1. The molecule has 0 aliphatic heterocycles. The van der Waals surface area contributed by atoms with Crippen LogP contribution in [0.1, 0.15) is 251 Å². The van der Waals surface area contributed by atoms with Crippen molar-refractivity contribution in [3.8, 4) is 0 Å². The lowest BCUT2D eigenvalue weighted by atomic mass is 10.0. The number of unbranched alkanes of at least 4 members (excludes halogenated alkanes) is 24. The van der Waals surface area contributed by atoms with Crippen molar-refractivity contribution < 1.29 is 32.9 Å². The maximum Gasteiger partial charge on any atom is 0.268 e. The summed E-state index contributed by atoms with van der Waals surface area (Å²) in [4.78, 5) is 25.5. The molecule has 0 aromatic rings. The summed E-state index contributed by atoms with van der Waals surface area (Å²) in [6.07, 6.45) is 89.9. The van der Waals surface area contributed by atoms with E-state index in [4.69, 9.17) is 9.05 Å². The number of aliphatic hydroxyl groups is 1.